The molecule has 0 radical (unpaired) electrons. The number of carbonyl (C=O) groups excluding carboxylic acids is 2. The van der Waals surface area contributed by atoms with Crippen molar-refractivity contribution in [2.24, 2.45) is 5.73 Å². The molecule has 21 heavy (non-hydrogen) atoms. The fraction of sp³-hybridized carbons (Fsp3) is 0.857. The predicted octanol–water partition coefficient (Wildman–Crippen LogP) is -0.0438. The Balaban J connectivity index is 2.44. The van der Waals surface area contributed by atoms with E-state index in [4.69, 9.17) is 10.5 Å². The number of ether oxygens (including phenoxy) is 1. The Hall–Kier alpha value is -1.34. The fourth-order valence-corrected chi connectivity index (χ4v) is 2.43. The van der Waals surface area contributed by atoms with Gasteiger partial charge >= 0.3 is 6.03 Å². The van der Waals surface area contributed by atoms with Gasteiger partial charge in [0.1, 0.15) is 0 Å². The Kier molecular flexibility index (Phi) is 7.45. The van der Waals surface area contributed by atoms with E-state index in [1.807, 2.05) is 18.7 Å². The maximum Gasteiger partial charge on any atom is 0.320 e. The van der Waals surface area contributed by atoms with Crippen molar-refractivity contribution >= 4 is 11.9 Å². The zero-order valence-electron chi connectivity index (χ0n) is 13.4. The Morgan fingerprint density at radius 2 is 1.67 bits per heavy atom. The molecule has 3 amide bonds. The van der Waals surface area contributed by atoms with E-state index in [0.717, 1.165) is 0 Å². The molecule has 0 aromatic rings. The molecule has 0 aliphatic carbocycles. The molecular weight excluding hydrogens is 272 g/mol. The first-order valence-electron chi connectivity index (χ1n) is 7.61. The third kappa shape index (κ3) is 4.86. The van der Waals surface area contributed by atoms with Gasteiger partial charge in [-0.2, -0.15) is 0 Å². The Morgan fingerprint density at radius 1 is 1.14 bits per heavy atom. The van der Waals surface area contributed by atoms with Crippen LogP contribution in [0.4, 0.5) is 4.79 Å². The Bertz CT molecular complexity index is 335. The van der Waals surface area contributed by atoms with Gasteiger partial charge in [-0.05, 0) is 13.8 Å². The topological polar surface area (TPSA) is 79.1 Å². The van der Waals surface area contributed by atoms with Gasteiger partial charge < -0.3 is 25.2 Å². The predicted molar refractivity (Wildman–Crippen MR) is 80.9 cm³/mol. The highest BCUT2D eigenvalue weighted by Gasteiger charge is 2.27. The number of amides is 3. The van der Waals surface area contributed by atoms with Crippen LogP contribution in [0.1, 0.15) is 20.3 Å². The first-order valence-corrected chi connectivity index (χ1v) is 7.61. The molecular formula is C14H28N4O3. The maximum absolute atomic E-state index is 12.2. The Morgan fingerprint density at radius 3 is 2.10 bits per heavy atom. The minimum absolute atomic E-state index is 0.0437. The van der Waals surface area contributed by atoms with Gasteiger partial charge in [0.05, 0.1) is 12.5 Å². The van der Waals surface area contributed by atoms with Gasteiger partial charge in [-0.25, -0.2) is 4.79 Å². The number of nitrogens with zero attached hydrogens (tertiary/aromatic N) is 3. The monoisotopic (exact) mass is 300 g/mol. The van der Waals surface area contributed by atoms with Crippen molar-refractivity contribution in [2.45, 2.75) is 26.4 Å². The van der Waals surface area contributed by atoms with Crippen molar-refractivity contribution in [3.05, 3.63) is 0 Å². The largest absolute Gasteiger partial charge is 0.380 e. The van der Waals surface area contributed by atoms with Crippen molar-refractivity contribution in [1.82, 2.24) is 14.7 Å². The van der Waals surface area contributed by atoms with E-state index in [-0.39, 0.29) is 18.0 Å². The second-order valence-corrected chi connectivity index (χ2v) is 5.12. The highest BCUT2D eigenvalue weighted by atomic mass is 16.5. The number of methoxy groups -OCH3 is 1. The van der Waals surface area contributed by atoms with E-state index in [9.17, 15) is 9.59 Å². The third-order valence-corrected chi connectivity index (χ3v) is 3.94. The molecule has 1 fully saturated rings. The minimum Gasteiger partial charge on any atom is -0.380 e. The lowest BCUT2D eigenvalue weighted by Gasteiger charge is -2.37. The molecule has 0 spiro atoms. The van der Waals surface area contributed by atoms with Gasteiger partial charge in [0.2, 0.25) is 5.91 Å². The van der Waals surface area contributed by atoms with Gasteiger partial charge in [-0.1, -0.05) is 0 Å². The highest BCUT2D eigenvalue weighted by Crippen LogP contribution is 2.09. The lowest BCUT2D eigenvalue weighted by molar-refractivity contribution is -0.135. The summed E-state index contributed by atoms with van der Waals surface area (Å²) < 4.78 is 5.14. The average molecular weight is 300 g/mol. The van der Waals surface area contributed by atoms with Crippen molar-refractivity contribution in [1.29, 1.82) is 0 Å². The minimum atomic E-state index is -0.229. The lowest BCUT2D eigenvalue weighted by Crippen LogP contribution is -2.54. The van der Waals surface area contributed by atoms with Crippen LogP contribution in [-0.2, 0) is 9.53 Å². The summed E-state index contributed by atoms with van der Waals surface area (Å²) in [4.78, 5) is 29.7. The summed E-state index contributed by atoms with van der Waals surface area (Å²) in [5.41, 5.74) is 5.53. The van der Waals surface area contributed by atoms with Crippen molar-refractivity contribution in [3.8, 4) is 0 Å². The van der Waals surface area contributed by atoms with Gasteiger partial charge in [0.25, 0.3) is 0 Å². The summed E-state index contributed by atoms with van der Waals surface area (Å²) in [5.74, 6) is 0.0437. The number of hydrogen-bond acceptors (Lipinski definition) is 4. The fourth-order valence-electron chi connectivity index (χ4n) is 2.43. The van der Waals surface area contributed by atoms with Crippen molar-refractivity contribution in [3.63, 3.8) is 0 Å². The van der Waals surface area contributed by atoms with Gasteiger partial charge in [-0.3, -0.25) is 4.79 Å². The van der Waals surface area contributed by atoms with E-state index < -0.39 is 0 Å². The summed E-state index contributed by atoms with van der Waals surface area (Å²) in [6.07, 6.45) is 0.0737. The zero-order valence-corrected chi connectivity index (χ0v) is 13.4. The van der Waals surface area contributed by atoms with E-state index in [2.05, 4.69) is 0 Å². The third-order valence-electron chi connectivity index (χ3n) is 3.94. The maximum atomic E-state index is 12.2. The SMILES string of the molecule is CCN(CC)C(=O)N1CCN(C(=O)CC(CN)OC)CC1. The van der Waals surface area contributed by atoms with Crippen LogP contribution in [0, 0.1) is 0 Å². The molecule has 1 aliphatic rings. The zero-order chi connectivity index (χ0) is 15.8. The normalized spacial score (nSPS) is 16.8. The molecule has 0 saturated carbocycles. The van der Waals surface area contributed by atoms with E-state index in [1.165, 1.54) is 0 Å². The van der Waals surface area contributed by atoms with Crippen molar-refractivity contribution in [2.75, 3.05) is 52.9 Å². The molecule has 1 saturated heterocycles. The van der Waals surface area contributed by atoms with Crippen LogP contribution in [0.5, 0.6) is 0 Å². The second-order valence-electron chi connectivity index (χ2n) is 5.12. The summed E-state index contributed by atoms with van der Waals surface area (Å²) in [6, 6.07) is 0.0591. The van der Waals surface area contributed by atoms with Crippen molar-refractivity contribution < 1.29 is 14.3 Å². The summed E-state index contributed by atoms with van der Waals surface area (Å²) in [5, 5.41) is 0. The number of carbonyl (C=O) groups is 2. The molecule has 1 heterocycles. The molecule has 0 aromatic heterocycles. The number of rotatable bonds is 6. The highest BCUT2D eigenvalue weighted by molar-refractivity contribution is 5.78. The second kappa shape index (κ2) is 8.84. The quantitative estimate of drug-likeness (QED) is 0.746. The number of nitrogens with two attached hydrogens (primary N) is 1. The molecule has 1 rings (SSSR count). The summed E-state index contributed by atoms with van der Waals surface area (Å²) >= 11 is 0. The molecule has 2 N–H and O–H groups in total. The number of piperazine rings is 1. The molecule has 1 atom stereocenters. The molecule has 7 nitrogen and oxygen atoms in total. The van der Waals surface area contributed by atoms with Crippen LogP contribution in [0.2, 0.25) is 0 Å². The Labute approximate surface area is 127 Å². The lowest BCUT2D eigenvalue weighted by atomic mass is 10.2. The van der Waals surface area contributed by atoms with E-state index in [0.29, 0.717) is 52.2 Å². The number of hydrogen-bond donors (Lipinski definition) is 1. The first kappa shape index (κ1) is 17.7. The average Bonchev–Trinajstić information content (AvgIpc) is 2.53. The number of urea groups is 1. The van der Waals surface area contributed by atoms with E-state index in [1.54, 1.807) is 16.9 Å². The summed E-state index contributed by atoms with van der Waals surface area (Å²) in [7, 11) is 1.56. The van der Waals surface area contributed by atoms with Gasteiger partial charge in [0.15, 0.2) is 0 Å². The molecule has 1 aliphatic heterocycles. The standard InChI is InChI=1S/C14H28N4O3/c1-4-16(5-2)14(20)18-8-6-17(7-9-18)13(19)10-12(11-15)21-3/h12H,4-11,15H2,1-3H3. The molecule has 122 valence electrons. The molecule has 7 heteroatoms. The van der Waals surface area contributed by atoms with Crippen LogP contribution in [0.15, 0.2) is 0 Å². The van der Waals surface area contributed by atoms with Crippen LogP contribution < -0.4 is 5.73 Å². The van der Waals surface area contributed by atoms with Crippen LogP contribution in [0.3, 0.4) is 0 Å². The molecule has 0 aromatic carbocycles. The molecule has 0 bridgehead atoms. The smallest absolute Gasteiger partial charge is 0.320 e. The first-order chi connectivity index (χ1) is 10.1. The van der Waals surface area contributed by atoms with E-state index >= 15 is 0 Å². The van der Waals surface area contributed by atoms with Crippen LogP contribution >= 0.6 is 0 Å². The van der Waals surface area contributed by atoms with Gasteiger partial charge in [0, 0.05) is 52.9 Å². The van der Waals surface area contributed by atoms with Crippen LogP contribution in [-0.4, -0.2) is 85.7 Å². The van der Waals surface area contributed by atoms with Crippen LogP contribution in [0.25, 0.3) is 0 Å². The van der Waals surface area contributed by atoms with Gasteiger partial charge in [-0.15, -0.1) is 0 Å². The molecule has 1 unspecified atom stereocenters. The summed E-state index contributed by atoms with van der Waals surface area (Å²) in [6.45, 7) is 8.02.